The molecular formula is C22H24O4. The average Bonchev–Trinajstić information content (AvgIpc) is 2.65. The maximum Gasteiger partial charge on any atom is 0.314 e. The molecule has 1 aliphatic rings. The third-order valence-corrected chi connectivity index (χ3v) is 4.87. The molecule has 0 amide bonds. The van der Waals surface area contributed by atoms with Crippen molar-refractivity contribution in [1.82, 2.24) is 0 Å². The summed E-state index contributed by atoms with van der Waals surface area (Å²) in [4.78, 5) is 24.6. The summed E-state index contributed by atoms with van der Waals surface area (Å²) >= 11 is 0. The van der Waals surface area contributed by atoms with Gasteiger partial charge in [-0.1, -0.05) is 35.4 Å². The third kappa shape index (κ3) is 4.72. The normalized spacial score (nSPS) is 19.6. The van der Waals surface area contributed by atoms with Gasteiger partial charge >= 0.3 is 11.9 Å². The Labute approximate surface area is 154 Å². The van der Waals surface area contributed by atoms with Gasteiger partial charge in [0.15, 0.2) is 0 Å². The molecule has 0 unspecified atom stereocenters. The van der Waals surface area contributed by atoms with Crippen LogP contribution in [-0.2, 0) is 9.59 Å². The Morgan fingerprint density at radius 3 is 1.27 bits per heavy atom. The first-order valence-electron chi connectivity index (χ1n) is 9.08. The van der Waals surface area contributed by atoms with Crippen LogP contribution in [0.3, 0.4) is 0 Å². The van der Waals surface area contributed by atoms with Crippen LogP contribution in [0.15, 0.2) is 48.5 Å². The fourth-order valence-electron chi connectivity index (χ4n) is 3.18. The molecule has 2 aromatic rings. The van der Waals surface area contributed by atoms with Gasteiger partial charge in [0.25, 0.3) is 0 Å². The fraction of sp³-hybridized carbons (Fsp3) is 0.364. The predicted octanol–water partition coefficient (Wildman–Crippen LogP) is 4.62. The Balaban J connectivity index is 1.48. The van der Waals surface area contributed by atoms with Crippen molar-refractivity contribution in [2.45, 2.75) is 39.5 Å². The van der Waals surface area contributed by atoms with Crippen LogP contribution in [0.5, 0.6) is 11.5 Å². The number of benzene rings is 2. The standard InChI is InChI=1S/C22H24O4/c1-15-3-11-19(12-4-15)25-21(23)17-7-9-18(10-8-17)22(24)26-20-13-5-16(2)6-14-20/h3-6,11-14,17-18H,7-10H2,1-2H3. The second kappa shape index (κ2) is 8.17. The van der Waals surface area contributed by atoms with Crippen molar-refractivity contribution < 1.29 is 19.1 Å². The Morgan fingerprint density at radius 2 is 0.962 bits per heavy atom. The average molecular weight is 352 g/mol. The topological polar surface area (TPSA) is 52.6 Å². The molecule has 1 aliphatic carbocycles. The summed E-state index contributed by atoms with van der Waals surface area (Å²) in [5.41, 5.74) is 2.25. The predicted molar refractivity (Wildman–Crippen MR) is 99.1 cm³/mol. The van der Waals surface area contributed by atoms with E-state index in [1.807, 2.05) is 38.1 Å². The van der Waals surface area contributed by atoms with Crippen LogP contribution in [0.1, 0.15) is 36.8 Å². The highest BCUT2D eigenvalue weighted by Gasteiger charge is 2.32. The lowest BCUT2D eigenvalue weighted by Crippen LogP contribution is -2.30. The number of carbonyl (C=O) groups is 2. The van der Waals surface area contributed by atoms with Gasteiger partial charge in [-0.3, -0.25) is 9.59 Å². The molecule has 4 nitrogen and oxygen atoms in total. The lowest BCUT2D eigenvalue weighted by molar-refractivity contribution is -0.145. The minimum Gasteiger partial charge on any atom is -0.426 e. The fourth-order valence-corrected chi connectivity index (χ4v) is 3.18. The number of hydrogen-bond donors (Lipinski definition) is 0. The molecule has 26 heavy (non-hydrogen) atoms. The summed E-state index contributed by atoms with van der Waals surface area (Å²) < 4.78 is 10.9. The van der Waals surface area contributed by atoms with Crippen LogP contribution >= 0.6 is 0 Å². The number of aryl methyl sites for hydroxylation is 2. The van der Waals surface area contributed by atoms with E-state index in [1.165, 1.54) is 0 Å². The Morgan fingerprint density at radius 1 is 0.654 bits per heavy atom. The van der Waals surface area contributed by atoms with Crippen LogP contribution in [-0.4, -0.2) is 11.9 Å². The van der Waals surface area contributed by atoms with Crippen LogP contribution in [0.25, 0.3) is 0 Å². The van der Waals surface area contributed by atoms with Crippen LogP contribution in [0.2, 0.25) is 0 Å². The van der Waals surface area contributed by atoms with Crippen molar-refractivity contribution in [2.75, 3.05) is 0 Å². The van der Waals surface area contributed by atoms with Crippen LogP contribution < -0.4 is 9.47 Å². The summed E-state index contributed by atoms with van der Waals surface area (Å²) in [6.07, 6.45) is 2.60. The number of carbonyl (C=O) groups excluding carboxylic acids is 2. The molecule has 1 fully saturated rings. The molecule has 3 rings (SSSR count). The van der Waals surface area contributed by atoms with Crippen molar-refractivity contribution in [3.05, 3.63) is 59.7 Å². The Kier molecular flexibility index (Phi) is 5.71. The van der Waals surface area contributed by atoms with Gasteiger partial charge < -0.3 is 9.47 Å². The van der Waals surface area contributed by atoms with Gasteiger partial charge in [-0.15, -0.1) is 0 Å². The van der Waals surface area contributed by atoms with E-state index < -0.39 is 0 Å². The van der Waals surface area contributed by atoms with E-state index in [1.54, 1.807) is 24.3 Å². The molecule has 136 valence electrons. The van der Waals surface area contributed by atoms with E-state index in [4.69, 9.17) is 9.47 Å². The summed E-state index contributed by atoms with van der Waals surface area (Å²) in [5, 5.41) is 0. The molecule has 0 heterocycles. The lowest BCUT2D eigenvalue weighted by Gasteiger charge is -2.25. The van der Waals surface area contributed by atoms with Gasteiger partial charge in [-0.05, 0) is 63.8 Å². The molecule has 0 radical (unpaired) electrons. The van der Waals surface area contributed by atoms with Gasteiger partial charge in [-0.2, -0.15) is 0 Å². The minimum atomic E-state index is -0.209. The van der Waals surface area contributed by atoms with E-state index >= 15 is 0 Å². The molecule has 4 heteroatoms. The van der Waals surface area contributed by atoms with Crippen LogP contribution in [0.4, 0.5) is 0 Å². The number of rotatable bonds is 4. The molecule has 0 spiro atoms. The van der Waals surface area contributed by atoms with Crippen molar-refractivity contribution in [3.8, 4) is 11.5 Å². The zero-order valence-corrected chi connectivity index (χ0v) is 15.2. The first-order valence-corrected chi connectivity index (χ1v) is 9.08. The Bertz CT molecular complexity index is 686. The molecule has 0 aliphatic heterocycles. The van der Waals surface area contributed by atoms with Crippen molar-refractivity contribution in [1.29, 1.82) is 0 Å². The second-order valence-corrected chi connectivity index (χ2v) is 7.02. The first kappa shape index (κ1) is 18.2. The zero-order valence-electron chi connectivity index (χ0n) is 15.2. The second-order valence-electron chi connectivity index (χ2n) is 7.02. The monoisotopic (exact) mass is 352 g/mol. The third-order valence-electron chi connectivity index (χ3n) is 4.87. The molecule has 0 bridgehead atoms. The largest absolute Gasteiger partial charge is 0.426 e. The summed E-state index contributed by atoms with van der Waals surface area (Å²) in [7, 11) is 0. The van der Waals surface area contributed by atoms with E-state index in [0.717, 1.165) is 11.1 Å². The zero-order chi connectivity index (χ0) is 18.5. The lowest BCUT2D eigenvalue weighted by atomic mass is 9.82. The maximum absolute atomic E-state index is 12.3. The molecule has 0 saturated heterocycles. The number of ether oxygens (including phenoxy) is 2. The van der Waals surface area contributed by atoms with Gasteiger partial charge in [0.05, 0.1) is 11.8 Å². The van der Waals surface area contributed by atoms with Gasteiger partial charge in [0.1, 0.15) is 11.5 Å². The quantitative estimate of drug-likeness (QED) is 0.595. The Hall–Kier alpha value is -2.62. The highest BCUT2D eigenvalue weighted by Crippen LogP contribution is 2.31. The van der Waals surface area contributed by atoms with Gasteiger partial charge in [0.2, 0.25) is 0 Å². The highest BCUT2D eigenvalue weighted by atomic mass is 16.5. The summed E-state index contributed by atoms with van der Waals surface area (Å²) in [5.74, 6) is 0.417. The minimum absolute atomic E-state index is 0.153. The van der Waals surface area contributed by atoms with Crippen molar-refractivity contribution in [2.24, 2.45) is 11.8 Å². The molecule has 0 atom stereocenters. The maximum atomic E-state index is 12.3. The van der Waals surface area contributed by atoms with Gasteiger partial charge in [-0.25, -0.2) is 0 Å². The van der Waals surface area contributed by atoms with Crippen molar-refractivity contribution >= 4 is 11.9 Å². The molecule has 1 saturated carbocycles. The molecule has 0 N–H and O–H groups in total. The van der Waals surface area contributed by atoms with Crippen molar-refractivity contribution in [3.63, 3.8) is 0 Å². The van der Waals surface area contributed by atoms with Gasteiger partial charge in [0, 0.05) is 0 Å². The summed E-state index contributed by atoms with van der Waals surface area (Å²) in [6, 6.07) is 14.9. The van der Waals surface area contributed by atoms with E-state index in [-0.39, 0.29) is 23.8 Å². The highest BCUT2D eigenvalue weighted by molar-refractivity contribution is 5.77. The SMILES string of the molecule is Cc1ccc(OC(=O)C2CCC(C(=O)Oc3ccc(C)cc3)CC2)cc1. The summed E-state index contributed by atoms with van der Waals surface area (Å²) in [6.45, 7) is 3.98. The van der Waals surface area contributed by atoms with E-state index in [2.05, 4.69) is 0 Å². The van der Waals surface area contributed by atoms with Crippen LogP contribution in [0, 0.1) is 25.7 Å². The smallest absolute Gasteiger partial charge is 0.314 e. The van der Waals surface area contributed by atoms with E-state index in [0.29, 0.717) is 37.2 Å². The molecular weight excluding hydrogens is 328 g/mol. The number of esters is 2. The number of hydrogen-bond acceptors (Lipinski definition) is 4. The van der Waals surface area contributed by atoms with E-state index in [9.17, 15) is 9.59 Å². The first-order chi connectivity index (χ1) is 12.5. The molecule has 0 aromatic heterocycles. The molecule has 2 aromatic carbocycles.